The zero-order chi connectivity index (χ0) is 15.1. The topological polar surface area (TPSA) is 53.6 Å². The van der Waals surface area contributed by atoms with Crippen molar-refractivity contribution < 1.29 is 13.9 Å². The number of hydrogen-bond donors (Lipinski definition) is 2. The molecule has 0 aliphatic carbocycles. The Labute approximate surface area is 136 Å². The summed E-state index contributed by atoms with van der Waals surface area (Å²) in [6.45, 7) is 5.67. The molecule has 0 unspecified atom stereocenters. The highest BCUT2D eigenvalue weighted by Gasteiger charge is 2.13. The van der Waals surface area contributed by atoms with E-state index >= 15 is 0 Å². The van der Waals surface area contributed by atoms with Gasteiger partial charge in [0.05, 0.1) is 12.7 Å². The average Bonchev–Trinajstić information content (AvgIpc) is 2.52. The number of hydrogen-bond acceptors (Lipinski definition) is 4. The van der Waals surface area contributed by atoms with Crippen LogP contribution in [0.15, 0.2) is 18.2 Å². The Morgan fingerprint density at radius 3 is 2.82 bits per heavy atom. The minimum atomic E-state index is -0.443. The van der Waals surface area contributed by atoms with Gasteiger partial charge >= 0.3 is 0 Å². The van der Waals surface area contributed by atoms with Crippen molar-refractivity contribution in [3.8, 4) is 5.75 Å². The average molecular weight is 332 g/mol. The predicted molar refractivity (Wildman–Crippen MR) is 86.5 cm³/mol. The number of nitrogens with zero attached hydrogens (tertiary/aromatic N) is 1. The SMILES string of the molecule is COc1ccc(F)cc1C(=O)NCCCN1CCNCC1.Cl. The second-order valence-corrected chi connectivity index (χ2v) is 5.05. The predicted octanol–water partition coefficient (Wildman–Crippen LogP) is 1.28. The number of piperazine rings is 1. The molecule has 7 heteroatoms. The van der Waals surface area contributed by atoms with Gasteiger partial charge in [-0.05, 0) is 31.2 Å². The third-order valence-electron chi connectivity index (χ3n) is 3.55. The highest BCUT2D eigenvalue weighted by molar-refractivity contribution is 5.96. The number of carbonyl (C=O) groups excluding carboxylic acids is 1. The van der Waals surface area contributed by atoms with E-state index in [1.54, 1.807) is 0 Å². The first-order chi connectivity index (χ1) is 10.2. The number of halogens is 2. The fourth-order valence-electron chi connectivity index (χ4n) is 2.39. The molecule has 1 aromatic carbocycles. The summed E-state index contributed by atoms with van der Waals surface area (Å²) in [7, 11) is 1.47. The molecule has 1 saturated heterocycles. The van der Waals surface area contributed by atoms with E-state index in [0.29, 0.717) is 12.3 Å². The van der Waals surface area contributed by atoms with Gasteiger partial charge in [-0.1, -0.05) is 0 Å². The van der Waals surface area contributed by atoms with E-state index < -0.39 is 5.82 Å². The van der Waals surface area contributed by atoms with E-state index in [4.69, 9.17) is 4.74 Å². The lowest BCUT2D eigenvalue weighted by molar-refractivity contribution is 0.0947. The first kappa shape index (κ1) is 18.7. The molecule has 0 saturated carbocycles. The van der Waals surface area contributed by atoms with Crippen LogP contribution in [0.25, 0.3) is 0 Å². The summed E-state index contributed by atoms with van der Waals surface area (Å²) >= 11 is 0. The van der Waals surface area contributed by atoms with Crippen LogP contribution in [0.2, 0.25) is 0 Å². The largest absolute Gasteiger partial charge is 0.496 e. The van der Waals surface area contributed by atoms with Crippen molar-refractivity contribution in [3.63, 3.8) is 0 Å². The van der Waals surface area contributed by atoms with Gasteiger partial charge < -0.3 is 20.3 Å². The number of nitrogens with one attached hydrogen (secondary N) is 2. The van der Waals surface area contributed by atoms with E-state index in [1.807, 2.05) is 0 Å². The Balaban J connectivity index is 0.00000242. The lowest BCUT2D eigenvalue weighted by atomic mass is 10.2. The highest BCUT2D eigenvalue weighted by Crippen LogP contribution is 2.18. The molecule has 0 spiro atoms. The fraction of sp³-hybridized carbons (Fsp3) is 0.533. The molecule has 1 aliphatic rings. The zero-order valence-electron chi connectivity index (χ0n) is 12.7. The monoisotopic (exact) mass is 331 g/mol. The smallest absolute Gasteiger partial charge is 0.255 e. The fourth-order valence-corrected chi connectivity index (χ4v) is 2.39. The van der Waals surface area contributed by atoms with Gasteiger partial charge in [-0.15, -0.1) is 12.4 Å². The van der Waals surface area contributed by atoms with Crippen molar-refractivity contribution in [1.29, 1.82) is 0 Å². The number of amides is 1. The Bertz CT molecular complexity index is 482. The normalized spacial score (nSPS) is 15.0. The van der Waals surface area contributed by atoms with E-state index in [0.717, 1.165) is 39.1 Å². The van der Waals surface area contributed by atoms with Gasteiger partial charge in [-0.25, -0.2) is 4.39 Å². The van der Waals surface area contributed by atoms with Crippen molar-refractivity contribution in [2.45, 2.75) is 6.42 Å². The van der Waals surface area contributed by atoms with Crippen molar-refractivity contribution in [2.75, 3.05) is 46.4 Å². The second kappa shape index (κ2) is 9.61. The first-order valence-corrected chi connectivity index (χ1v) is 7.25. The summed E-state index contributed by atoms with van der Waals surface area (Å²) in [5, 5.41) is 6.11. The summed E-state index contributed by atoms with van der Waals surface area (Å²) in [5.74, 6) is -0.357. The van der Waals surface area contributed by atoms with Crippen LogP contribution in [0, 0.1) is 5.82 Å². The zero-order valence-corrected chi connectivity index (χ0v) is 13.5. The van der Waals surface area contributed by atoms with Gasteiger partial charge in [0.15, 0.2) is 0 Å². The molecule has 1 aliphatic heterocycles. The summed E-state index contributed by atoms with van der Waals surface area (Å²) in [5.41, 5.74) is 0.236. The van der Waals surface area contributed by atoms with Gasteiger partial charge in [0.2, 0.25) is 0 Å². The third-order valence-corrected chi connectivity index (χ3v) is 3.55. The number of benzene rings is 1. The molecule has 1 amide bonds. The highest BCUT2D eigenvalue weighted by atomic mass is 35.5. The Kier molecular flexibility index (Phi) is 8.16. The minimum absolute atomic E-state index is 0. The van der Waals surface area contributed by atoms with E-state index in [9.17, 15) is 9.18 Å². The minimum Gasteiger partial charge on any atom is -0.496 e. The summed E-state index contributed by atoms with van der Waals surface area (Å²) in [6.07, 6.45) is 0.878. The summed E-state index contributed by atoms with van der Waals surface area (Å²) < 4.78 is 18.3. The van der Waals surface area contributed by atoms with Gasteiger partial charge in [-0.2, -0.15) is 0 Å². The molecular formula is C15H23ClFN3O2. The van der Waals surface area contributed by atoms with Gasteiger partial charge in [0, 0.05) is 32.7 Å². The molecule has 0 aromatic heterocycles. The molecule has 0 atom stereocenters. The maximum Gasteiger partial charge on any atom is 0.255 e. The van der Waals surface area contributed by atoms with Crippen LogP contribution < -0.4 is 15.4 Å². The Hall–Kier alpha value is -1.37. The van der Waals surface area contributed by atoms with Crippen LogP contribution >= 0.6 is 12.4 Å². The molecule has 22 heavy (non-hydrogen) atoms. The van der Waals surface area contributed by atoms with Crippen molar-refractivity contribution in [3.05, 3.63) is 29.6 Å². The summed E-state index contributed by atoms with van der Waals surface area (Å²) in [6, 6.07) is 3.94. The first-order valence-electron chi connectivity index (χ1n) is 7.25. The Morgan fingerprint density at radius 1 is 1.41 bits per heavy atom. The molecule has 2 N–H and O–H groups in total. The number of carbonyl (C=O) groups is 1. The quantitative estimate of drug-likeness (QED) is 0.771. The van der Waals surface area contributed by atoms with E-state index in [2.05, 4.69) is 15.5 Å². The molecule has 2 rings (SSSR count). The molecule has 124 valence electrons. The van der Waals surface area contributed by atoms with Crippen LogP contribution in [0.3, 0.4) is 0 Å². The van der Waals surface area contributed by atoms with Gasteiger partial charge in [0.25, 0.3) is 5.91 Å². The number of methoxy groups -OCH3 is 1. The molecule has 5 nitrogen and oxygen atoms in total. The molecule has 1 heterocycles. The van der Waals surface area contributed by atoms with E-state index in [1.165, 1.54) is 25.3 Å². The van der Waals surface area contributed by atoms with Gasteiger partial charge in [-0.3, -0.25) is 4.79 Å². The standard InChI is InChI=1S/C15H22FN3O2.ClH/c1-21-14-4-3-12(16)11-13(14)15(20)18-5-2-8-19-9-6-17-7-10-19;/h3-4,11,17H,2,5-10H2,1H3,(H,18,20);1H. The number of ether oxygens (including phenoxy) is 1. The maximum atomic E-state index is 13.2. The van der Waals surface area contributed by atoms with Crippen LogP contribution in [0.5, 0.6) is 5.75 Å². The lowest BCUT2D eigenvalue weighted by Crippen LogP contribution is -2.44. The molecule has 0 radical (unpaired) electrons. The van der Waals surface area contributed by atoms with Crippen LogP contribution in [0.1, 0.15) is 16.8 Å². The van der Waals surface area contributed by atoms with Crippen LogP contribution in [-0.2, 0) is 0 Å². The van der Waals surface area contributed by atoms with E-state index in [-0.39, 0.29) is 23.9 Å². The molecule has 0 bridgehead atoms. The van der Waals surface area contributed by atoms with Crippen LogP contribution in [0.4, 0.5) is 4.39 Å². The second-order valence-electron chi connectivity index (χ2n) is 5.05. The molecular weight excluding hydrogens is 309 g/mol. The third kappa shape index (κ3) is 5.44. The summed E-state index contributed by atoms with van der Waals surface area (Å²) in [4.78, 5) is 14.4. The number of rotatable bonds is 6. The Morgan fingerprint density at radius 2 is 2.14 bits per heavy atom. The van der Waals surface area contributed by atoms with Crippen molar-refractivity contribution in [1.82, 2.24) is 15.5 Å². The maximum absolute atomic E-state index is 13.2. The van der Waals surface area contributed by atoms with Crippen molar-refractivity contribution in [2.24, 2.45) is 0 Å². The van der Waals surface area contributed by atoms with Crippen molar-refractivity contribution >= 4 is 18.3 Å². The molecule has 1 aromatic rings. The molecule has 1 fully saturated rings. The lowest BCUT2D eigenvalue weighted by Gasteiger charge is -2.27. The van der Waals surface area contributed by atoms with Crippen LogP contribution in [-0.4, -0.2) is 57.2 Å². The van der Waals surface area contributed by atoms with Gasteiger partial charge in [0.1, 0.15) is 11.6 Å².